The zero-order valence-corrected chi connectivity index (χ0v) is 17.9. The Hall–Kier alpha value is -2.31. The van der Waals surface area contributed by atoms with E-state index < -0.39 is 0 Å². The highest BCUT2D eigenvalue weighted by atomic mass is 79.9. The maximum atomic E-state index is 8.50. The van der Waals surface area contributed by atoms with Crippen LogP contribution in [0.1, 0.15) is 5.56 Å². The van der Waals surface area contributed by atoms with Gasteiger partial charge in [-0.1, -0.05) is 35.5 Å². The molecule has 0 saturated carbocycles. The molecule has 1 aromatic carbocycles. The first-order chi connectivity index (χ1) is 12.3. The Morgan fingerprint density at radius 3 is 1.70 bits per heavy atom. The van der Waals surface area contributed by atoms with Crippen LogP contribution in [0.5, 0.6) is 0 Å². The van der Waals surface area contributed by atoms with Gasteiger partial charge >= 0.3 is 0 Å². The lowest BCUT2D eigenvalue weighted by Crippen LogP contribution is -3.00. The largest absolute Gasteiger partial charge is 1.00 e. The third kappa shape index (κ3) is 7.07. The minimum atomic E-state index is 0. The molecule has 27 heavy (non-hydrogen) atoms. The molecule has 0 aliphatic rings. The van der Waals surface area contributed by atoms with Gasteiger partial charge in [0.1, 0.15) is 0 Å². The van der Waals surface area contributed by atoms with E-state index in [1.165, 1.54) is 17.3 Å². The van der Waals surface area contributed by atoms with Gasteiger partial charge in [0, 0.05) is 29.8 Å². The molecule has 0 saturated heterocycles. The fourth-order valence-corrected chi connectivity index (χ4v) is 2.54. The third-order valence-corrected chi connectivity index (χ3v) is 3.92. The Kier molecular flexibility index (Phi) is 10.2. The summed E-state index contributed by atoms with van der Waals surface area (Å²) >= 11 is 0. The zero-order chi connectivity index (χ0) is 17.3. The number of rotatable bonds is 6. The second-order valence-corrected chi connectivity index (χ2v) is 5.69. The smallest absolute Gasteiger partial charge is 0.169 e. The predicted octanol–water partition coefficient (Wildman–Crippen LogP) is -3.00. The molecule has 1 N–H and O–H groups in total. The van der Waals surface area contributed by atoms with Crippen LogP contribution in [0.25, 0.3) is 11.1 Å². The molecule has 0 fully saturated rings. The second kappa shape index (κ2) is 12.1. The minimum absolute atomic E-state index is 0. The van der Waals surface area contributed by atoms with E-state index in [0.717, 1.165) is 18.7 Å². The number of hydrogen-bond acceptors (Lipinski definition) is 2. The Balaban J connectivity index is 0.00000182. The molecule has 0 aliphatic heterocycles. The molecule has 0 unspecified atom stereocenters. The highest BCUT2D eigenvalue weighted by Gasteiger charge is 2.01. The van der Waals surface area contributed by atoms with Crippen LogP contribution in [-0.2, 0) is 13.1 Å². The van der Waals surface area contributed by atoms with E-state index in [4.69, 9.17) is 5.21 Å². The van der Waals surface area contributed by atoms with Gasteiger partial charge in [0.25, 0.3) is 0 Å². The molecule has 0 amide bonds. The molecule has 2 aromatic heterocycles. The number of allylic oxidation sites excluding steroid dienone is 2. The normalized spacial score (nSPS) is 10.5. The van der Waals surface area contributed by atoms with Crippen LogP contribution in [-0.4, -0.2) is 11.4 Å². The van der Waals surface area contributed by atoms with Crippen molar-refractivity contribution in [1.82, 2.24) is 0 Å². The van der Waals surface area contributed by atoms with Crippen molar-refractivity contribution in [2.24, 2.45) is 5.16 Å². The van der Waals surface area contributed by atoms with Crippen molar-refractivity contribution in [3.05, 3.63) is 97.1 Å². The third-order valence-electron chi connectivity index (χ3n) is 3.92. The van der Waals surface area contributed by atoms with Gasteiger partial charge in [0.05, 0.1) is 6.21 Å². The van der Waals surface area contributed by atoms with Crippen LogP contribution in [0.2, 0.25) is 0 Å². The summed E-state index contributed by atoms with van der Waals surface area (Å²) in [5.41, 5.74) is 3.33. The maximum absolute atomic E-state index is 8.50. The highest BCUT2D eigenvalue weighted by molar-refractivity contribution is 5.78. The van der Waals surface area contributed by atoms with Crippen molar-refractivity contribution in [3.63, 3.8) is 0 Å². The Bertz CT molecular complexity index is 849. The van der Waals surface area contributed by atoms with E-state index >= 15 is 0 Å². The van der Waals surface area contributed by atoms with E-state index in [9.17, 15) is 0 Å². The van der Waals surface area contributed by atoms with Crippen molar-refractivity contribution in [2.45, 2.75) is 13.1 Å². The average Bonchev–Trinajstić information content (AvgIpc) is 2.68. The Labute approximate surface area is 180 Å². The first kappa shape index (κ1) is 22.7. The molecule has 0 radical (unpaired) electrons. The van der Waals surface area contributed by atoms with Crippen LogP contribution in [0.4, 0.5) is 0 Å². The van der Waals surface area contributed by atoms with Gasteiger partial charge in [-0.2, -0.15) is 0 Å². The molecule has 0 atom stereocenters. The number of halogens is 2. The number of oxime groups is 1. The second-order valence-electron chi connectivity index (χ2n) is 5.69. The quantitative estimate of drug-likeness (QED) is 0.129. The number of aromatic nitrogens is 2. The summed E-state index contributed by atoms with van der Waals surface area (Å²) in [6, 6.07) is 18.5. The van der Waals surface area contributed by atoms with Crippen LogP contribution < -0.4 is 43.1 Å². The fourth-order valence-electron chi connectivity index (χ4n) is 2.54. The van der Waals surface area contributed by atoms with E-state index in [-0.39, 0.29) is 34.0 Å². The molecule has 3 aromatic rings. The van der Waals surface area contributed by atoms with Crippen molar-refractivity contribution >= 4 is 6.21 Å². The standard InChI is InChI=1S/C21H20N3O.2BrH/c25-22-18-19-8-14-23(15-9-19)12-4-5-13-24-16-10-21(11-17-24)20-6-2-1-3-7-20;;/h1-11,14-18H,12-13H2;2*1H/q+1;;/p-1/b5-4+;;. The lowest BCUT2D eigenvalue weighted by molar-refractivity contribution is -0.691. The Morgan fingerprint density at radius 2 is 1.19 bits per heavy atom. The maximum Gasteiger partial charge on any atom is 0.169 e. The van der Waals surface area contributed by atoms with Gasteiger partial charge in [0.2, 0.25) is 0 Å². The summed E-state index contributed by atoms with van der Waals surface area (Å²) in [6.45, 7) is 1.64. The number of pyridine rings is 2. The monoisotopic (exact) mass is 489 g/mol. The van der Waals surface area contributed by atoms with Crippen molar-refractivity contribution < 1.29 is 48.3 Å². The molecule has 2 heterocycles. The highest BCUT2D eigenvalue weighted by Crippen LogP contribution is 2.16. The fraction of sp³-hybridized carbons (Fsp3) is 0.0952. The van der Waals surface area contributed by atoms with Gasteiger partial charge in [0.15, 0.2) is 37.9 Å². The average molecular weight is 491 g/mol. The molecule has 0 spiro atoms. The van der Waals surface area contributed by atoms with Crippen molar-refractivity contribution in [1.29, 1.82) is 0 Å². The van der Waals surface area contributed by atoms with Gasteiger partial charge in [-0.15, -0.1) is 0 Å². The number of benzene rings is 1. The predicted molar refractivity (Wildman–Crippen MR) is 97.2 cm³/mol. The minimum Gasteiger partial charge on any atom is -1.00 e. The summed E-state index contributed by atoms with van der Waals surface area (Å²) < 4.78 is 4.21. The summed E-state index contributed by atoms with van der Waals surface area (Å²) in [4.78, 5) is 0. The molecule has 0 bridgehead atoms. The SMILES string of the molecule is O/N=C\c1cc[n+](C/C=C/C[n+]2ccc(-c3ccccc3)cc2)cc1.[Br-].[Br-]. The topological polar surface area (TPSA) is 40.4 Å². The molecule has 0 aliphatic carbocycles. The van der Waals surface area contributed by atoms with E-state index in [0.29, 0.717) is 0 Å². The zero-order valence-electron chi connectivity index (χ0n) is 14.7. The van der Waals surface area contributed by atoms with E-state index in [1.54, 1.807) is 0 Å². The van der Waals surface area contributed by atoms with Gasteiger partial charge in [-0.25, -0.2) is 9.13 Å². The van der Waals surface area contributed by atoms with Crippen LogP contribution in [0.15, 0.2) is 96.7 Å². The molecule has 6 heteroatoms. The van der Waals surface area contributed by atoms with Gasteiger partial charge in [-0.05, 0) is 23.3 Å². The lowest BCUT2D eigenvalue weighted by Gasteiger charge is -1.99. The molecule has 4 nitrogen and oxygen atoms in total. The summed E-state index contributed by atoms with van der Waals surface area (Å²) in [5.74, 6) is 0. The Morgan fingerprint density at radius 1 is 0.704 bits per heavy atom. The number of nitrogens with zero attached hydrogens (tertiary/aromatic N) is 3. The van der Waals surface area contributed by atoms with Crippen LogP contribution in [0.3, 0.4) is 0 Å². The van der Waals surface area contributed by atoms with Crippen LogP contribution >= 0.6 is 0 Å². The van der Waals surface area contributed by atoms with Gasteiger partial charge < -0.3 is 39.2 Å². The first-order valence-electron chi connectivity index (χ1n) is 8.21. The molecular formula is C21H21Br2N3O. The molecule has 3 rings (SSSR count). The number of hydrogen-bond donors (Lipinski definition) is 1. The van der Waals surface area contributed by atoms with Gasteiger partial charge in [-0.3, -0.25) is 0 Å². The first-order valence-corrected chi connectivity index (χ1v) is 8.21. The van der Waals surface area contributed by atoms with Crippen molar-refractivity contribution in [2.75, 3.05) is 0 Å². The molecule has 140 valence electrons. The lowest BCUT2D eigenvalue weighted by atomic mass is 10.1. The van der Waals surface area contributed by atoms with Crippen LogP contribution in [0, 0.1) is 0 Å². The summed E-state index contributed by atoms with van der Waals surface area (Å²) in [5, 5.41) is 11.5. The van der Waals surface area contributed by atoms with E-state index in [1.807, 2.05) is 30.6 Å². The van der Waals surface area contributed by atoms with E-state index in [2.05, 4.69) is 75.2 Å². The van der Waals surface area contributed by atoms with Crippen molar-refractivity contribution in [3.8, 4) is 11.1 Å². The molecular weight excluding hydrogens is 470 g/mol. The summed E-state index contributed by atoms with van der Waals surface area (Å²) in [6.07, 6.45) is 13.8. The summed E-state index contributed by atoms with van der Waals surface area (Å²) in [7, 11) is 0.